The third kappa shape index (κ3) is 2.98. The number of hydrogen-bond donors (Lipinski definition) is 1. The average Bonchev–Trinajstić information content (AvgIpc) is 3.06. The van der Waals surface area contributed by atoms with Crippen molar-refractivity contribution in [2.75, 3.05) is 31.1 Å². The van der Waals surface area contributed by atoms with Crippen LogP contribution >= 0.6 is 22.7 Å². The molecule has 1 unspecified atom stereocenters. The van der Waals surface area contributed by atoms with E-state index in [0.29, 0.717) is 6.54 Å². The van der Waals surface area contributed by atoms with Gasteiger partial charge in [0.25, 0.3) is 5.91 Å². The molecule has 1 atom stereocenters. The van der Waals surface area contributed by atoms with Crippen LogP contribution in [0.2, 0.25) is 0 Å². The number of rotatable bonds is 4. The second kappa shape index (κ2) is 6.52. The van der Waals surface area contributed by atoms with E-state index in [9.17, 15) is 9.90 Å². The maximum absolute atomic E-state index is 12.5. The van der Waals surface area contributed by atoms with E-state index >= 15 is 0 Å². The molecule has 7 heteroatoms. The number of thiazole rings is 1. The molecule has 0 bridgehead atoms. The zero-order valence-corrected chi connectivity index (χ0v) is 14.5. The summed E-state index contributed by atoms with van der Waals surface area (Å²) >= 11 is 3.10. The van der Waals surface area contributed by atoms with E-state index < -0.39 is 0 Å². The van der Waals surface area contributed by atoms with E-state index in [4.69, 9.17) is 0 Å². The van der Waals surface area contributed by atoms with Crippen LogP contribution in [0.25, 0.3) is 9.53 Å². The van der Waals surface area contributed by atoms with Gasteiger partial charge in [-0.2, -0.15) is 0 Å². The number of fused-ring (bicyclic) bond motifs is 1. The first-order valence-electron chi connectivity index (χ1n) is 7.75. The molecule has 22 heavy (non-hydrogen) atoms. The molecule has 3 heterocycles. The third-order valence-corrected chi connectivity index (χ3v) is 6.22. The summed E-state index contributed by atoms with van der Waals surface area (Å²) < 4.78 is 1.08. The van der Waals surface area contributed by atoms with Crippen molar-refractivity contribution >= 4 is 43.2 Å². The molecule has 120 valence electrons. The number of piperidine rings is 1. The van der Waals surface area contributed by atoms with Crippen molar-refractivity contribution in [3.8, 4) is 0 Å². The number of likely N-dealkylation sites (tertiary alicyclic amines) is 1. The number of amides is 1. The van der Waals surface area contributed by atoms with E-state index in [1.165, 1.54) is 11.3 Å². The maximum Gasteiger partial charge on any atom is 0.264 e. The summed E-state index contributed by atoms with van der Waals surface area (Å²) in [5.74, 6) is 0.0262. The largest absolute Gasteiger partial charge is 0.391 e. The number of carbonyl (C=O) groups is 1. The van der Waals surface area contributed by atoms with Gasteiger partial charge in [0.2, 0.25) is 0 Å². The molecule has 1 saturated heterocycles. The van der Waals surface area contributed by atoms with Gasteiger partial charge in [0.15, 0.2) is 5.13 Å². The number of β-amino-alcohol motifs (C(OH)–C–C–N with tert-alkyl or cyclic N) is 1. The normalized spacial score (nSPS) is 18.9. The van der Waals surface area contributed by atoms with Gasteiger partial charge in [0, 0.05) is 26.2 Å². The number of aromatic nitrogens is 1. The zero-order chi connectivity index (χ0) is 15.7. The minimum atomic E-state index is -0.383. The Morgan fingerprint density at radius 1 is 1.45 bits per heavy atom. The average molecular weight is 339 g/mol. The summed E-state index contributed by atoms with van der Waals surface area (Å²) in [4.78, 5) is 22.8. The van der Waals surface area contributed by atoms with Gasteiger partial charge in [0.1, 0.15) is 4.83 Å². The first-order valence-corrected chi connectivity index (χ1v) is 9.38. The minimum Gasteiger partial charge on any atom is -0.391 e. The van der Waals surface area contributed by atoms with Crippen LogP contribution in [-0.2, 0) is 0 Å². The van der Waals surface area contributed by atoms with Crippen LogP contribution in [0.15, 0.2) is 6.07 Å². The molecule has 1 amide bonds. The second-order valence-electron chi connectivity index (χ2n) is 5.50. The summed E-state index contributed by atoms with van der Waals surface area (Å²) in [6.07, 6.45) is 1.28. The lowest BCUT2D eigenvalue weighted by Gasteiger charge is -2.29. The molecule has 1 aliphatic heterocycles. The molecule has 0 saturated carbocycles. The number of anilines is 1. The standard InChI is InChI=1S/C15H21N3O2S2/c1-3-17(4-2)15-16-13-11(22-15)8-12(21-13)14(20)18-7-5-6-10(19)9-18/h8,10,19H,3-7,9H2,1-2H3. The fourth-order valence-electron chi connectivity index (χ4n) is 2.75. The predicted molar refractivity (Wildman–Crippen MR) is 92.2 cm³/mol. The third-order valence-electron chi connectivity index (χ3n) is 4.01. The fourth-order valence-corrected chi connectivity index (χ4v) is 5.06. The highest BCUT2D eigenvalue weighted by Gasteiger charge is 2.25. The fraction of sp³-hybridized carbons (Fsp3) is 0.600. The number of nitrogens with zero attached hydrogens (tertiary/aromatic N) is 3. The highest BCUT2D eigenvalue weighted by Crippen LogP contribution is 2.35. The molecule has 1 N–H and O–H groups in total. The molecule has 1 aliphatic rings. The number of carbonyl (C=O) groups excluding carboxylic acids is 1. The van der Waals surface area contributed by atoms with E-state index in [1.54, 1.807) is 16.2 Å². The zero-order valence-electron chi connectivity index (χ0n) is 12.9. The molecular formula is C15H21N3O2S2. The molecular weight excluding hydrogens is 318 g/mol. The van der Waals surface area contributed by atoms with Crippen LogP contribution in [0.3, 0.4) is 0 Å². The molecule has 5 nitrogen and oxygen atoms in total. The summed E-state index contributed by atoms with van der Waals surface area (Å²) in [7, 11) is 0. The Labute approximate surface area is 138 Å². The van der Waals surface area contributed by atoms with Gasteiger partial charge >= 0.3 is 0 Å². The van der Waals surface area contributed by atoms with Gasteiger partial charge < -0.3 is 14.9 Å². The van der Waals surface area contributed by atoms with Crippen LogP contribution in [0, 0.1) is 0 Å². The van der Waals surface area contributed by atoms with Gasteiger partial charge in [-0.1, -0.05) is 11.3 Å². The lowest BCUT2D eigenvalue weighted by molar-refractivity contribution is 0.0478. The van der Waals surface area contributed by atoms with Crippen LogP contribution in [0.4, 0.5) is 5.13 Å². The Morgan fingerprint density at radius 3 is 2.86 bits per heavy atom. The Hall–Kier alpha value is -1.18. The van der Waals surface area contributed by atoms with Gasteiger partial charge in [-0.05, 0) is 32.8 Å². The van der Waals surface area contributed by atoms with Crippen molar-refractivity contribution in [1.82, 2.24) is 9.88 Å². The molecule has 0 aromatic carbocycles. The van der Waals surface area contributed by atoms with Crippen LogP contribution in [0.5, 0.6) is 0 Å². The lowest BCUT2D eigenvalue weighted by atomic mass is 10.1. The van der Waals surface area contributed by atoms with E-state index in [2.05, 4.69) is 23.7 Å². The Morgan fingerprint density at radius 2 is 2.23 bits per heavy atom. The SMILES string of the molecule is CCN(CC)c1nc2sc(C(=O)N3CCCC(O)C3)cc2s1. The van der Waals surface area contributed by atoms with Gasteiger partial charge in [-0.15, -0.1) is 11.3 Å². The first-order chi connectivity index (χ1) is 10.6. The minimum absolute atomic E-state index is 0.0262. The maximum atomic E-state index is 12.5. The number of aliphatic hydroxyl groups is 1. The number of aliphatic hydroxyl groups excluding tert-OH is 1. The van der Waals surface area contributed by atoms with Gasteiger partial charge in [-0.3, -0.25) is 4.79 Å². The van der Waals surface area contributed by atoms with Crippen LogP contribution < -0.4 is 4.90 Å². The Kier molecular flexibility index (Phi) is 4.65. The van der Waals surface area contributed by atoms with Crippen molar-refractivity contribution in [1.29, 1.82) is 0 Å². The van der Waals surface area contributed by atoms with Crippen LogP contribution in [-0.4, -0.2) is 53.2 Å². The van der Waals surface area contributed by atoms with Gasteiger partial charge in [-0.25, -0.2) is 4.98 Å². The topological polar surface area (TPSA) is 56.7 Å². The first kappa shape index (κ1) is 15.7. The Balaban J connectivity index is 1.80. The molecule has 0 spiro atoms. The van der Waals surface area contributed by atoms with Crippen LogP contribution in [0.1, 0.15) is 36.4 Å². The summed E-state index contributed by atoms with van der Waals surface area (Å²) in [5.41, 5.74) is 0. The highest BCUT2D eigenvalue weighted by molar-refractivity contribution is 7.29. The van der Waals surface area contributed by atoms with Crippen molar-refractivity contribution in [3.63, 3.8) is 0 Å². The number of thiophene rings is 1. The summed E-state index contributed by atoms with van der Waals surface area (Å²) in [6.45, 7) is 7.30. The molecule has 0 radical (unpaired) electrons. The summed E-state index contributed by atoms with van der Waals surface area (Å²) in [6, 6.07) is 1.95. The van der Waals surface area contributed by atoms with Crippen molar-refractivity contribution in [2.24, 2.45) is 0 Å². The summed E-state index contributed by atoms with van der Waals surface area (Å²) in [5, 5.41) is 10.7. The lowest BCUT2D eigenvalue weighted by Crippen LogP contribution is -2.41. The molecule has 2 aromatic rings. The smallest absolute Gasteiger partial charge is 0.264 e. The molecule has 1 fully saturated rings. The number of hydrogen-bond acceptors (Lipinski definition) is 6. The van der Waals surface area contributed by atoms with Gasteiger partial charge in [0.05, 0.1) is 15.7 Å². The van der Waals surface area contributed by atoms with E-state index in [-0.39, 0.29) is 12.0 Å². The molecule has 0 aliphatic carbocycles. The Bertz CT molecular complexity index is 631. The quantitative estimate of drug-likeness (QED) is 0.930. The van der Waals surface area contributed by atoms with Crippen molar-refractivity contribution < 1.29 is 9.90 Å². The predicted octanol–water partition coefficient (Wildman–Crippen LogP) is 2.80. The van der Waals surface area contributed by atoms with E-state index in [1.807, 2.05) is 6.07 Å². The molecule has 3 rings (SSSR count). The van der Waals surface area contributed by atoms with E-state index in [0.717, 1.165) is 52.0 Å². The van der Waals surface area contributed by atoms with Crippen molar-refractivity contribution in [2.45, 2.75) is 32.8 Å². The van der Waals surface area contributed by atoms with Crippen molar-refractivity contribution in [3.05, 3.63) is 10.9 Å². The monoisotopic (exact) mass is 339 g/mol. The highest BCUT2D eigenvalue weighted by atomic mass is 32.1. The second-order valence-corrected chi connectivity index (χ2v) is 7.54. The molecule has 2 aromatic heterocycles.